The number of likely N-dealkylation sites (tertiary alicyclic amines) is 1. The van der Waals surface area contributed by atoms with Gasteiger partial charge in [-0.1, -0.05) is 45.5 Å². The fraction of sp³-hybridized carbons (Fsp3) is 0.723. The summed E-state index contributed by atoms with van der Waals surface area (Å²) in [5, 5.41) is 50.3. The second kappa shape index (κ2) is 83.4. The lowest BCUT2D eigenvalue weighted by molar-refractivity contribution is -0.157. The van der Waals surface area contributed by atoms with Gasteiger partial charge in [-0.05, 0) is 176 Å². The number of hydrogen-bond donors (Lipinski definition) is 4. The number of halogens is 2. The van der Waals surface area contributed by atoms with E-state index in [-0.39, 0.29) is 54.4 Å². The highest BCUT2D eigenvalue weighted by molar-refractivity contribution is 6.31. The van der Waals surface area contributed by atoms with Crippen LogP contribution in [0, 0.1) is 40.8 Å². The number of carboxylic acid groups (broad SMARTS) is 1. The lowest BCUT2D eigenvalue weighted by Gasteiger charge is -2.27. The quantitative estimate of drug-likeness (QED) is 0.00471. The molecule has 1 fully saturated rings. The van der Waals surface area contributed by atoms with Gasteiger partial charge in [-0.3, -0.25) is 28.9 Å². The molecule has 45 heteroatoms. The first-order chi connectivity index (χ1) is 66.7. The fourth-order valence-electron chi connectivity index (χ4n) is 11.2. The summed E-state index contributed by atoms with van der Waals surface area (Å²) < 4.78 is 114. The molecule has 2 aromatic carbocycles. The van der Waals surface area contributed by atoms with Crippen molar-refractivity contribution in [2.75, 3.05) is 277 Å². The van der Waals surface area contributed by atoms with Crippen LogP contribution in [0.1, 0.15) is 153 Å². The van der Waals surface area contributed by atoms with E-state index in [0.29, 0.717) is 249 Å². The van der Waals surface area contributed by atoms with Crippen molar-refractivity contribution < 1.29 is 124 Å². The van der Waals surface area contributed by atoms with E-state index in [9.17, 15) is 33.2 Å². The molecule has 0 saturated carbocycles. The van der Waals surface area contributed by atoms with Crippen LogP contribution in [0.5, 0.6) is 0 Å². The molecular weight excluding hydrogens is 1840 g/mol. The van der Waals surface area contributed by atoms with Gasteiger partial charge in [0.15, 0.2) is 0 Å². The zero-order chi connectivity index (χ0) is 103. The molecule has 0 bridgehead atoms. The van der Waals surface area contributed by atoms with E-state index < -0.39 is 40.4 Å². The zero-order valence-electron chi connectivity index (χ0n) is 84.0. The second-order valence-corrected chi connectivity index (χ2v) is 34.3. The number of azide groups is 1. The number of terminal acetylenes is 1. The Morgan fingerprint density at radius 1 is 0.532 bits per heavy atom. The average Bonchev–Trinajstić information content (AvgIpc) is 0.854. The number of carbonyl (C=O) groups is 6. The van der Waals surface area contributed by atoms with Crippen LogP contribution in [0.3, 0.4) is 0 Å². The largest absolute Gasteiger partial charge is 0.474 e. The number of nitrogens with two attached hydrogens (primary N) is 1. The van der Waals surface area contributed by atoms with Gasteiger partial charge in [-0.2, -0.15) is 10.5 Å². The third-order valence-corrected chi connectivity index (χ3v) is 18.4. The average molecular weight is 1990 g/mol. The minimum absolute atomic E-state index is 0.0328. The number of aromatic nitrogens is 6. The van der Waals surface area contributed by atoms with E-state index in [2.05, 4.69) is 86.0 Å². The topological polar surface area (TPSA) is 510 Å². The SMILES string of the molecule is C#CCOCCOCCOCCN(C)CCC#N.CC(C)(C)OC(=O)CCOCCOCCN=[N+]=[N-].CN(CCC#N)CCOCCOCCOCc1cn(CCOCCOCCC(=O)OC(C)(C)C)nn1.CN(CCCN)CCOCCOCCOCc1cn(CCOCCOCCC(=O)OC(C)(C)C)nn1.O=C(O)C(=O)NCc1ccc(C(=O)Nc2ccc(Cl)c(F)c2)cc1CN1CCCCC1. The molecule has 0 unspecified atom stereocenters. The van der Waals surface area contributed by atoms with Crippen LogP contribution in [-0.2, 0) is 149 Å². The van der Waals surface area contributed by atoms with E-state index in [0.717, 1.165) is 100 Å². The maximum Gasteiger partial charge on any atom is 0.394 e. The maximum atomic E-state index is 13.7. The van der Waals surface area contributed by atoms with Crippen molar-refractivity contribution in [1.82, 2.24) is 54.9 Å². The van der Waals surface area contributed by atoms with Gasteiger partial charge in [-0.25, -0.2) is 18.5 Å². The first-order valence-corrected chi connectivity index (χ1v) is 47.2. The Labute approximate surface area is 824 Å². The van der Waals surface area contributed by atoms with Crippen LogP contribution in [0.15, 0.2) is 53.9 Å². The number of amides is 2. The number of anilines is 1. The van der Waals surface area contributed by atoms with Crippen molar-refractivity contribution in [2.45, 2.75) is 176 Å². The molecule has 0 radical (unpaired) electrons. The lowest BCUT2D eigenvalue weighted by Crippen LogP contribution is -2.32. The Hall–Kier alpha value is -9.19. The van der Waals surface area contributed by atoms with E-state index in [1.165, 1.54) is 18.6 Å². The number of esters is 3. The molecule has 2 amide bonds. The van der Waals surface area contributed by atoms with Crippen LogP contribution < -0.4 is 16.4 Å². The number of piperidine rings is 1. The van der Waals surface area contributed by atoms with E-state index >= 15 is 0 Å². The van der Waals surface area contributed by atoms with Gasteiger partial charge in [0.1, 0.15) is 40.6 Å². The number of nitriles is 2. The molecule has 1 aliphatic heterocycles. The Balaban J connectivity index is 0.000000893. The number of nitrogens with zero attached hydrogens (tertiary/aromatic N) is 15. The molecule has 43 nitrogen and oxygen atoms in total. The molecule has 2 aromatic heterocycles. The molecule has 5 rings (SSSR count). The Bertz CT molecular complexity index is 4060. The summed E-state index contributed by atoms with van der Waals surface area (Å²) in [7, 11) is 6.01. The van der Waals surface area contributed by atoms with Crippen molar-refractivity contribution in [3.05, 3.63) is 98.2 Å². The number of carbonyl (C=O) groups excluding carboxylic acids is 5. The monoisotopic (exact) mass is 1990 g/mol. The summed E-state index contributed by atoms with van der Waals surface area (Å²) in [5.74, 6) is -2.10. The highest BCUT2D eigenvalue weighted by Gasteiger charge is 2.22. The van der Waals surface area contributed by atoms with Crippen molar-refractivity contribution >= 4 is 53.0 Å². The molecule has 4 aromatic rings. The number of carboxylic acids is 1. The first kappa shape index (κ1) is 128. The summed E-state index contributed by atoms with van der Waals surface area (Å²) in [6, 6.07) is 13.3. The van der Waals surface area contributed by atoms with Gasteiger partial charge in [0, 0.05) is 81.4 Å². The second-order valence-electron chi connectivity index (χ2n) is 33.9. The van der Waals surface area contributed by atoms with Crippen molar-refractivity contribution in [2.24, 2.45) is 10.8 Å². The molecule has 3 heterocycles. The van der Waals surface area contributed by atoms with E-state index in [4.69, 9.17) is 130 Å². The number of nitrogens with one attached hydrogen (secondary N) is 2. The number of benzene rings is 2. The molecule has 786 valence electrons. The van der Waals surface area contributed by atoms with E-state index in [1.807, 2.05) is 88.8 Å². The van der Waals surface area contributed by atoms with Crippen molar-refractivity contribution in [3.63, 3.8) is 0 Å². The van der Waals surface area contributed by atoms with Crippen LogP contribution in [0.4, 0.5) is 10.1 Å². The smallest absolute Gasteiger partial charge is 0.394 e. The standard InChI is InChI=1S/C24H47N5O7.C24H43N5O7.C22H23ClFN3O4.C13H22N2O3.C11H21N3O4/c2*1-24(2,3)36-23(30)6-11-31-14-15-33-13-10-29-20-22(26-27-29)21-35-19-18-34-17-16-32-12-9-28(4)8-5-7-25;23-18-7-6-17(11-19(18)24)26-20(28)14-4-5-15(12-25-21(29)22(30)31)16(10-14)13-27-8-2-1-3-9-27;1-3-8-16-10-12-18-13-11-17-9-7-15(2)6-4-5-14;1-11(2,3)18-10(15)4-6-16-8-9-17-7-5-13-14-12/h20H,5-19,21,25H2,1-4H3;20H,5-6,8-19,21H2,1-4H3;4-7,10-11H,1-3,8-9,12-13H2,(H,25,29)(H,26,28)(H,30,31);1H,4,6-13H2,2H3;4-9H2,1-3H3. The van der Waals surface area contributed by atoms with Crippen molar-refractivity contribution in [3.8, 4) is 24.5 Å². The summed E-state index contributed by atoms with van der Waals surface area (Å²) in [6.45, 7) is 40.3. The Kier molecular flexibility index (Phi) is 76.7. The normalized spacial score (nSPS) is 12.0. The number of ether oxygens (including phenoxy) is 18. The van der Waals surface area contributed by atoms with Gasteiger partial charge < -0.3 is 121 Å². The number of hydrogen-bond acceptors (Lipinski definition) is 36. The van der Waals surface area contributed by atoms with Crippen molar-refractivity contribution in [1.29, 1.82) is 10.5 Å². The summed E-state index contributed by atoms with van der Waals surface area (Å²) in [5.41, 5.74) is 15.8. The molecule has 5 N–H and O–H groups in total. The Morgan fingerprint density at radius 3 is 1.32 bits per heavy atom. The van der Waals surface area contributed by atoms with Gasteiger partial charge in [0.25, 0.3) is 5.91 Å². The lowest BCUT2D eigenvalue weighted by atomic mass is 10.0. The van der Waals surface area contributed by atoms with Gasteiger partial charge in [-0.15, -0.1) is 16.6 Å². The van der Waals surface area contributed by atoms with Crippen LogP contribution in [-0.4, -0.2) is 379 Å². The van der Waals surface area contributed by atoms with Gasteiger partial charge in [0.05, 0.1) is 254 Å². The van der Waals surface area contributed by atoms with Gasteiger partial charge in [0.2, 0.25) is 0 Å². The maximum absolute atomic E-state index is 13.7. The third kappa shape index (κ3) is 79.1. The summed E-state index contributed by atoms with van der Waals surface area (Å²) >= 11 is 5.68. The van der Waals surface area contributed by atoms with Crippen LogP contribution >= 0.6 is 11.6 Å². The molecular formula is C94H156ClFN18O25. The molecule has 0 atom stereocenters. The summed E-state index contributed by atoms with van der Waals surface area (Å²) in [6.07, 6.45) is 14.8. The minimum atomic E-state index is -1.55. The Morgan fingerprint density at radius 2 is 0.928 bits per heavy atom. The molecule has 0 spiro atoms. The number of likely N-dealkylation sites (N-methyl/N-ethyl adjacent to an activating group) is 3. The minimum Gasteiger partial charge on any atom is -0.474 e. The number of aliphatic carboxylic acids is 1. The highest BCUT2D eigenvalue weighted by atomic mass is 35.5. The van der Waals surface area contributed by atoms with E-state index in [1.54, 1.807) is 27.6 Å². The first-order valence-electron chi connectivity index (χ1n) is 46.8. The van der Waals surface area contributed by atoms with Crippen LogP contribution in [0.2, 0.25) is 5.02 Å². The van der Waals surface area contributed by atoms with Crippen LogP contribution in [0.25, 0.3) is 10.4 Å². The predicted molar refractivity (Wildman–Crippen MR) is 515 cm³/mol. The molecule has 1 aliphatic rings. The van der Waals surface area contributed by atoms with Gasteiger partial charge >= 0.3 is 29.8 Å². The predicted octanol–water partition coefficient (Wildman–Crippen LogP) is 8.31. The molecule has 0 aliphatic carbocycles. The number of rotatable bonds is 72. The molecule has 139 heavy (non-hydrogen) atoms. The third-order valence-electron chi connectivity index (χ3n) is 18.1. The fourth-order valence-corrected chi connectivity index (χ4v) is 11.3. The zero-order valence-corrected chi connectivity index (χ0v) is 84.7. The highest BCUT2D eigenvalue weighted by Crippen LogP contribution is 2.23. The molecule has 1 saturated heterocycles. The summed E-state index contributed by atoms with van der Waals surface area (Å²) in [4.78, 5) is 80.5.